The maximum atomic E-state index is 12.9. The summed E-state index contributed by atoms with van der Waals surface area (Å²) < 4.78 is 38.7. The summed E-state index contributed by atoms with van der Waals surface area (Å²) in [7, 11) is 0. The summed E-state index contributed by atoms with van der Waals surface area (Å²) in [6.07, 6.45) is -4.66. The Bertz CT molecular complexity index is 795. The number of nitrogens with zero attached hydrogens (tertiary/aromatic N) is 1. The third-order valence-corrected chi connectivity index (χ3v) is 3.88. The fourth-order valence-electron chi connectivity index (χ4n) is 2.30. The average molecular weight is 385 g/mol. The summed E-state index contributed by atoms with van der Waals surface area (Å²) in [4.78, 5) is 25.0. The number of halogens is 4. The maximum Gasteiger partial charge on any atom is 0.416 e. The van der Waals surface area contributed by atoms with Crippen LogP contribution < -0.4 is 10.2 Å². The van der Waals surface area contributed by atoms with Crippen molar-refractivity contribution in [3.8, 4) is 0 Å². The number of hydrogen-bond acceptors (Lipinski definition) is 2. The number of nitrogens with one attached hydrogen (secondary N) is 1. The van der Waals surface area contributed by atoms with Gasteiger partial charge < -0.3 is 10.2 Å². The van der Waals surface area contributed by atoms with E-state index in [-0.39, 0.29) is 29.6 Å². The lowest BCUT2D eigenvalue weighted by atomic mass is 10.1. The Hall–Kier alpha value is -2.54. The van der Waals surface area contributed by atoms with E-state index in [9.17, 15) is 22.8 Å². The van der Waals surface area contributed by atoms with Crippen LogP contribution in [0.15, 0.2) is 48.5 Å². The standard InChI is InChI=1S/C18H16ClF3N2O2/c1-12(25)24(10-9-17(26)23-14-5-3-2-4-6-14)16-11-13(18(20,21)22)7-8-15(16)19/h2-8,11H,9-10H2,1H3,(H,23,26). The van der Waals surface area contributed by atoms with Crippen LogP contribution in [0.25, 0.3) is 0 Å². The van der Waals surface area contributed by atoms with Crippen molar-refractivity contribution < 1.29 is 22.8 Å². The van der Waals surface area contributed by atoms with Gasteiger partial charge in [0.1, 0.15) is 0 Å². The monoisotopic (exact) mass is 384 g/mol. The molecular weight excluding hydrogens is 369 g/mol. The molecule has 0 aromatic heterocycles. The predicted molar refractivity (Wildman–Crippen MR) is 94.2 cm³/mol. The highest BCUT2D eigenvalue weighted by molar-refractivity contribution is 6.33. The molecule has 0 fully saturated rings. The Kier molecular flexibility index (Phi) is 6.26. The van der Waals surface area contributed by atoms with Crippen LogP contribution in [0.5, 0.6) is 0 Å². The molecule has 0 bridgehead atoms. The van der Waals surface area contributed by atoms with Gasteiger partial charge in [0.25, 0.3) is 0 Å². The van der Waals surface area contributed by atoms with Crippen molar-refractivity contribution in [1.82, 2.24) is 0 Å². The second-order valence-electron chi connectivity index (χ2n) is 5.50. The predicted octanol–water partition coefficient (Wildman–Crippen LogP) is 4.74. The molecule has 2 aromatic carbocycles. The number of benzene rings is 2. The number of carbonyl (C=O) groups is 2. The largest absolute Gasteiger partial charge is 0.416 e. The van der Waals surface area contributed by atoms with Gasteiger partial charge in [-0.05, 0) is 30.3 Å². The molecule has 8 heteroatoms. The van der Waals surface area contributed by atoms with Crippen molar-refractivity contribution in [3.63, 3.8) is 0 Å². The molecule has 0 aliphatic rings. The Balaban J connectivity index is 2.14. The van der Waals surface area contributed by atoms with E-state index in [0.717, 1.165) is 23.1 Å². The lowest BCUT2D eigenvalue weighted by Crippen LogP contribution is -2.32. The molecule has 0 unspecified atom stereocenters. The van der Waals surface area contributed by atoms with Crippen molar-refractivity contribution in [3.05, 3.63) is 59.1 Å². The number of hydrogen-bond donors (Lipinski definition) is 1. The minimum atomic E-state index is -4.56. The Labute approximate surface area is 153 Å². The first-order valence-electron chi connectivity index (χ1n) is 7.68. The summed E-state index contributed by atoms with van der Waals surface area (Å²) in [6.45, 7) is 1.10. The second-order valence-corrected chi connectivity index (χ2v) is 5.91. The molecule has 26 heavy (non-hydrogen) atoms. The van der Waals surface area contributed by atoms with E-state index >= 15 is 0 Å². The lowest BCUT2D eigenvalue weighted by molar-refractivity contribution is -0.137. The highest BCUT2D eigenvalue weighted by atomic mass is 35.5. The number of carbonyl (C=O) groups excluding carboxylic acids is 2. The maximum absolute atomic E-state index is 12.9. The van der Waals surface area contributed by atoms with Gasteiger partial charge in [-0.2, -0.15) is 13.2 Å². The van der Waals surface area contributed by atoms with E-state index in [0.29, 0.717) is 5.69 Å². The van der Waals surface area contributed by atoms with E-state index in [2.05, 4.69) is 5.32 Å². The molecule has 2 amide bonds. The van der Waals surface area contributed by atoms with Crippen LogP contribution >= 0.6 is 11.6 Å². The fraction of sp³-hybridized carbons (Fsp3) is 0.222. The minimum Gasteiger partial charge on any atom is -0.326 e. The average Bonchev–Trinajstić information content (AvgIpc) is 2.56. The van der Waals surface area contributed by atoms with Crippen LogP contribution in [-0.4, -0.2) is 18.4 Å². The summed E-state index contributed by atoms with van der Waals surface area (Å²) in [6, 6.07) is 11.4. The zero-order valence-electron chi connectivity index (χ0n) is 13.8. The first-order chi connectivity index (χ1) is 12.2. The number of amides is 2. The van der Waals surface area contributed by atoms with Gasteiger partial charge in [0.05, 0.1) is 16.3 Å². The lowest BCUT2D eigenvalue weighted by Gasteiger charge is -2.23. The van der Waals surface area contributed by atoms with Gasteiger partial charge in [-0.1, -0.05) is 29.8 Å². The summed E-state index contributed by atoms with van der Waals surface area (Å²) >= 11 is 5.97. The molecule has 138 valence electrons. The zero-order valence-corrected chi connectivity index (χ0v) is 14.6. The molecule has 0 atom stereocenters. The van der Waals surface area contributed by atoms with E-state index in [1.54, 1.807) is 30.3 Å². The minimum absolute atomic E-state index is 0.00309. The summed E-state index contributed by atoms with van der Waals surface area (Å²) in [5, 5.41) is 2.64. The molecule has 4 nitrogen and oxygen atoms in total. The summed E-state index contributed by atoms with van der Waals surface area (Å²) in [5.74, 6) is -0.885. The number of rotatable bonds is 5. The van der Waals surface area contributed by atoms with Crippen molar-refractivity contribution in [2.75, 3.05) is 16.8 Å². The van der Waals surface area contributed by atoms with E-state index in [4.69, 9.17) is 11.6 Å². The molecule has 0 aliphatic carbocycles. The quantitative estimate of drug-likeness (QED) is 0.809. The van der Waals surface area contributed by atoms with Gasteiger partial charge in [0.15, 0.2) is 0 Å². The van der Waals surface area contributed by atoms with Crippen LogP contribution in [-0.2, 0) is 15.8 Å². The normalized spacial score (nSPS) is 11.1. The molecule has 1 N–H and O–H groups in total. The zero-order chi connectivity index (χ0) is 19.3. The number of anilines is 2. The molecular formula is C18H16ClF3N2O2. The first-order valence-corrected chi connectivity index (χ1v) is 8.06. The van der Waals surface area contributed by atoms with Crippen molar-refractivity contribution in [1.29, 1.82) is 0 Å². The summed E-state index contributed by atoms with van der Waals surface area (Å²) in [5.41, 5.74) is -0.414. The van der Waals surface area contributed by atoms with E-state index in [1.165, 1.54) is 6.92 Å². The molecule has 0 saturated heterocycles. The van der Waals surface area contributed by atoms with Gasteiger partial charge >= 0.3 is 6.18 Å². The van der Waals surface area contributed by atoms with Crippen molar-refractivity contribution >= 4 is 34.8 Å². The molecule has 0 aliphatic heterocycles. The second kappa shape index (κ2) is 8.23. The van der Waals surface area contributed by atoms with Gasteiger partial charge in [-0.15, -0.1) is 0 Å². The molecule has 0 saturated carbocycles. The molecule has 2 rings (SSSR count). The molecule has 0 spiro atoms. The van der Waals surface area contributed by atoms with Gasteiger partial charge in [-0.25, -0.2) is 0 Å². The first kappa shape index (κ1) is 19.8. The highest BCUT2D eigenvalue weighted by Crippen LogP contribution is 2.35. The molecule has 0 radical (unpaired) electrons. The van der Waals surface area contributed by atoms with Crippen LogP contribution in [0.3, 0.4) is 0 Å². The SMILES string of the molecule is CC(=O)N(CCC(=O)Nc1ccccc1)c1cc(C(F)(F)F)ccc1Cl. The Morgan fingerprint density at radius 3 is 2.35 bits per heavy atom. The van der Waals surface area contributed by atoms with Crippen molar-refractivity contribution in [2.24, 2.45) is 0 Å². The Morgan fingerprint density at radius 2 is 1.77 bits per heavy atom. The Morgan fingerprint density at radius 1 is 1.12 bits per heavy atom. The van der Waals surface area contributed by atoms with Gasteiger partial charge in [-0.3, -0.25) is 9.59 Å². The van der Waals surface area contributed by atoms with E-state index in [1.807, 2.05) is 0 Å². The third kappa shape index (κ3) is 5.23. The van der Waals surface area contributed by atoms with Crippen LogP contribution in [0.2, 0.25) is 5.02 Å². The highest BCUT2D eigenvalue weighted by Gasteiger charge is 2.32. The number of para-hydroxylation sites is 1. The topological polar surface area (TPSA) is 49.4 Å². The smallest absolute Gasteiger partial charge is 0.326 e. The fourth-order valence-corrected chi connectivity index (χ4v) is 2.52. The van der Waals surface area contributed by atoms with Gasteiger partial charge in [0, 0.05) is 25.6 Å². The van der Waals surface area contributed by atoms with Crippen LogP contribution in [0.1, 0.15) is 18.9 Å². The molecule has 2 aromatic rings. The van der Waals surface area contributed by atoms with Crippen LogP contribution in [0, 0.1) is 0 Å². The van der Waals surface area contributed by atoms with Crippen molar-refractivity contribution in [2.45, 2.75) is 19.5 Å². The van der Waals surface area contributed by atoms with Gasteiger partial charge in [0.2, 0.25) is 11.8 Å². The molecule has 0 heterocycles. The van der Waals surface area contributed by atoms with E-state index < -0.39 is 17.6 Å². The van der Waals surface area contributed by atoms with Crippen LogP contribution in [0.4, 0.5) is 24.5 Å². The third-order valence-electron chi connectivity index (χ3n) is 3.56. The number of alkyl halides is 3.